The van der Waals surface area contributed by atoms with Crippen molar-refractivity contribution in [3.63, 3.8) is 0 Å². The quantitative estimate of drug-likeness (QED) is 0.233. The molecule has 0 aliphatic carbocycles. The number of nitrogens with zero attached hydrogens (tertiary/aromatic N) is 3. The number of ether oxygens (including phenoxy) is 1. The summed E-state index contributed by atoms with van der Waals surface area (Å²) in [5, 5.41) is 4.36. The second-order valence-electron chi connectivity index (χ2n) is 9.10. The van der Waals surface area contributed by atoms with Gasteiger partial charge < -0.3 is 15.0 Å². The zero-order chi connectivity index (χ0) is 26.3. The number of anilines is 2. The molecule has 6 nitrogen and oxygen atoms in total. The third-order valence-corrected chi connectivity index (χ3v) is 6.42. The third-order valence-electron chi connectivity index (χ3n) is 6.42. The number of fused-ring (bicyclic) bond motifs is 1. The molecule has 5 rings (SSSR count). The van der Waals surface area contributed by atoms with E-state index in [-0.39, 0.29) is 5.91 Å². The molecule has 38 heavy (non-hydrogen) atoms. The Morgan fingerprint density at radius 1 is 0.868 bits per heavy atom. The predicted molar refractivity (Wildman–Crippen MR) is 153 cm³/mol. The van der Waals surface area contributed by atoms with Crippen molar-refractivity contribution in [3.05, 3.63) is 115 Å². The SMILES string of the molecule is CCCN(Cc1cccc(-c2ccc3ncnc(Nc4ccccc4)c3c2)c1)C(=O)c1ccc(OC)cc1. The monoisotopic (exact) mass is 502 g/mol. The highest BCUT2D eigenvalue weighted by atomic mass is 16.5. The van der Waals surface area contributed by atoms with Gasteiger partial charge in [0.2, 0.25) is 0 Å². The van der Waals surface area contributed by atoms with Crippen molar-refractivity contribution in [2.75, 3.05) is 19.0 Å². The Morgan fingerprint density at radius 2 is 1.66 bits per heavy atom. The minimum atomic E-state index is 0.0133. The van der Waals surface area contributed by atoms with Crippen molar-refractivity contribution >= 4 is 28.3 Å². The van der Waals surface area contributed by atoms with E-state index in [9.17, 15) is 4.79 Å². The fourth-order valence-corrected chi connectivity index (χ4v) is 4.50. The molecule has 1 aromatic heterocycles. The lowest BCUT2D eigenvalue weighted by atomic mass is 10.0. The predicted octanol–water partition coefficient (Wildman–Crippen LogP) is 7.10. The van der Waals surface area contributed by atoms with E-state index in [1.54, 1.807) is 13.4 Å². The minimum Gasteiger partial charge on any atom is -0.497 e. The normalized spacial score (nSPS) is 10.8. The van der Waals surface area contributed by atoms with Gasteiger partial charge in [0, 0.05) is 29.7 Å². The molecule has 0 aliphatic rings. The van der Waals surface area contributed by atoms with Gasteiger partial charge in [0.25, 0.3) is 5.91 Å². The van der Waals surface area contributed by atoms with Gasteiger partial charge >= 0.3 is 0 Å². The van der Waals surface area contributed by atoms with Crippen LogP contribution in [0.4, 0.5) is 11.5 Å². The number of carbonyl (C=O) groups is 1. The summed E-state index contributed by atoms with van der Waals surface area (Å²) in [6, 6.07) is 31.8. The maximum Gasteiger partial charge on any atom is 0.254 e. The highest BCUT2D eigenvalue weighted by molar-refractivity contribution is 5.95. The molecule has 0 spiro atoms. The zero-order valence-corrected chi connectivity index (χ0v) is 21.6. The van der Waals surface area contributed by atoms with Gasteiger partial charge in [0.05, 0.1) is 12.6 Å². The summed E-state index contributed by atoms with van der Waals surface area (Å²) in [6.07, 6.45) is 2.46. The summed E-state index contributed by atoms with van der Waals surface area (Å²) in [5.41, 5.74) is 5.71. The molecule has 5 aromatic rings. The molecular weight excluding hydrogens is 472 g/mol. The second-order valence-corrected chi connectivity index (χ2v) is 9.10. The number of aromatic nitrogens is 2. The summed E-state index contributed by atoms with van der Waals surface area (Å²) >= 11 is 0. The molecule has 190 valence electrons. The number of para-hydroxylation sites is 1. The Morgan fingerprint density at radius 3 is 2.42 bits per heavy atom. The highest BCUT2D eigenvalue weighted by Gasteiger charge is 2.16. The number of hydrogen-bond acceptors (Lipinski definition) is 5. The zero-order valence-electron chi connectivity index (χ0n) is 21.6. The van der Waals surface area contributed by atoms with Crippen molar-refractivity contribution in [2.45, 2.75) is 19.9 Å². The molecule has 6 heteroatoms. The number of nitrogens with one attached hydrogen (secondary N) is 1. The summed E-state index contributed by atoms with van der Waals surface area (Å²) in [7, 11) is 1.62. The fraction of sp³-hybridized carbons (Fsp3) is 0.156. The van der Waals surface area contributed by atoms with Gasteiger partial charge in [-0.2, -0.15) is 0 Å². The molecule has 0 aliphatic heterocycles. The van der Waals surface area contributed by atoms with Crippen LogP contribution in [0.15, 0.2) is 103 Å². The largest absolute Gasteiger partial charge is 0.497 e. The van der Waals surface area contributed by atoms with Crippen LogP contribution in [0.2, 0.25) is 0 Å². The van der Waals surface area contributed by atoms with Crippen LogP contribution >= 0.6 is 0 Å². The molecular formula is C32H30N4O2. The van der Waals surface area contributed by atoms with Gasteiger partial charge in [-0.25, -0.2) is 9.97 Å². The van der Waals surface area contributed by atoms with Gasteiger partial charge in [0.1, 0.15) is 17.9 Å². The molecule has 4 aromatic carbocycles. The topological polar surface area (TPSA) is 67.4 Å². The Kier molecular flexibility index (Phi) is 7.59. The molecule has 0 atom stereocenters. The first-order chi connectivity index (χ1) is 18.6. The summed E-state index contributed by atoms with van der Waals surface area (Å²) in [6.45, 7) is 3.30. The van der Waals surface area contributed by atoms with E-state index in [1.165, 1.54) is 0 Å². The van der Waals surface area contributed by atoms with E-state index in [0.717, 1.165) is 51.3 Å². The van der Waals surface area contributed by atoms with Crippen molar-refractivity contribution < 1.29 is 9.53 Å². The minimum absolute atomic E-state index is 0.0133. The van der Waals surface area contributed by atoms with Gasteiger partial charge in [0.15, 0.2) is 0 Å². The van der Waals surface area contributed by atoms with E-state index < -0.39 is 0 Å². The van der Waals surface area contributed by atoms with E-state index in [2.05, 4.69) is 52.5 Å². The maximum atomic E-state index is 13.3. The van der Waals surface area contributed by atoms with Crippen molar-refractivity contribution in [1.82, 2.24) is 14.9 Å². The smallest absolute Gasteiger partial charge is 0.254 e. The second kappa shape index (κ2) is 11.6. The number of methoxy groups -OCH3 is 1. The first-order valence-corrected chi connectivity index (χ1v) is 12.7. The first-order valence-electron chi connectivity index (χ1n) is 12.7. The first kappa shape index (κ1) is 25.0. The van der Waals surface area contributed by atoms with E-state index in [4.69, 9.17) is 4.74 Å². The van der Waals surface area contributed by atoms with Crippen molar-refractivity contribution in [1.29, 1.82) is 0 Å². The van der Waals surface area contributed by atoms with Crippen molar-refractivity contribution in [3.8, 4) is 16.9 Å². The molecule has 1 amide bonds. The summed E-state index contributed by atoms with van der Waals surface area (Å²) < 4.78 is 5.23. The standard InChI is InChI=1S/C32H30N4O2/c1-3-18-36(32(37)24-12-15-28(38-2)16-13-24)21-23-8-7-9-25(19-23)26-14-17-30-29(20-26)31(34-22-33-30)35-27-10-5-4-6-11-27/h4-17,19-20,22H,3,18,21H2,1-2H3,(H,33,34,35). The number of hydrogen-bond donors (Lipinski definition) is 1. The highest BCUT2D eigenvalue weighted by Crippen LogP contribution is 2.29. The molecule has 1 heterocycles. The lowest BCUT2D eigenvalue weighted by molar-refractivity contribution is 0.0743. The van der Waals surface area contributed by atoms with Gasteiger partial charge in [-0.1, -0.05) is 49.4 Å². The molecule has 0 saturated heterocycles. The molecule has 0 saturated carbocycles. The number of amides is 1. The van der Waals surface area contributed by atoms with Crippen LogP contribution in [0.5, 0.6) is 5.75 Å². The number of carbonyl (C=O) groups excluding carboxylic acids is 1. The summed E-state index contributed by atoms with van der Waals surface area (Å²) in [5.74, 6) is 1.51. The molecule has 0 unspecified atom stereocenters. The van der Waals surface area contributed by atoms with Crippen LogP contribution in [0.3, 0.4) is 0 Å². The van der Waals surface area contributed by atoms with E-state index in [1.807, 2.05) is 71.6 Å². The van der Waals surface area contributed by atoms with Gasteiger partial charge in [-0.15, -0.1) is 0 Å². The lowest BCUT2D eigenvalue weighted by Crippen LogP contribution is -2.31. The summed E-state index contributed by atoms with van der Waals surface area (Å²) in [4.78, 5) is 24.1. The van der Waals surface area contributed by atoms with Crippen LogP contribution in [0.1, 0.15) is 29.3 Å². The average molecular weight is 503 g/mol. The van der Waals surface area contributed by atoms with Gasteiger partial charge in [-0.05, 0) is 77.7 Å². The van der Waals surface area contributed by atoms with Crippen molar-refractivity contribution in [2.24, 2.45) is 0 Å². The lowest BCUT2D eigenvalue weighted by Gasteiger charge is -2.23. The fourth-order valence-electron chi connectivity index (χ4n) is 4.50. The number of benzene rings is 4. The van der Waals surface area contributed by atoms with E-state index >= 15 is 0 Å². The van der Waals surface area contributed by atoms with Crippen LogP contribution in [0.25, 0.3) is 22.0 Å². The van der Waals surface area contributed by atoms with Crippen LogP contribution in [-0.4, -0.2) is 34.4 Å². The van der Waals surface area contributed by atoms with Crippen LogP contribution in [0, 0.1) is 0 Å². The van der Waals surface area contributed by atoms with Crippen LogP contribution < -0.4 is 10.1 Å². The van der Waals surface area contributed by atoms with E-state index in [0.29, 0.717) is 18.7 Å². The molecule has 0 bridgehead atoms. The Labute approximate surface area is 222 Å². The Balaban J connectivity index is 1.41. The van der Waals surface area contributed by atoms with Crippen LogP contribution in [-0.2, 0) is 6.54 Å². The average Bonchev–Trinajstić information content (AvgIpc) is 2.97. The van der Waals surface area contributed by atoms with Gasteiger partial charge in [-0.3, -0.25) is 4.79 Å². The molecule has 0 fully saturated rings. The third kappa shape index (κ3) is 5.65. The molecule has 0 radical (unpaired) electrons. The molecule has 1 N–H and O–H groups in total. The Bertz CT molecular complexity index is 1540. The maximum absolute atomic E-state index is 13.3. The Hall–Kier alpha value is -4.71. The number of rotatable bonds is 9.